The van der Waals surface area contributed by atoms with E-state index in [0.717, 1.165) is 0 Å². The van der Waals surface area contributed by atoms with Crippen molar-refractivity contribution in [3.63, 3.8) is 0 Å². The molecule has 0 aliphatic carbocycles. The molecule has 1 aliphatic rings. The molecular weight excluding hydrogens is 388 g/mol. The van der Waals surface area contributed by atoms with Crippen molar-refractivity contribution >= 4 is 29.6 Å². The quantitative estimate of drug-likeness (QED) is 0.438. The Kier molecular flexibility index (Phi) is 7.12. The van der Waals surface area contributed by atoms with E-state index in [1.807, 2.05) is 0 Å². The number of para-hydroxylation sites is 2. The van der Waals surface area contributed by atoms with Crippen LogP contribution in [0.2, 0.25) is 0 Å². The van der Waals surface area contributed by atoms with Crippen molar-refractivity contribution in [3.8, 4) is 5.75 Å². The number of hydrogen-bond donors (Lipinski definition) is 2. The molecule has 9 nitrogen and oxygen atoms in total. The molecular formula is C21H22N4O5. The highest BCUT2D eigenvalue weighted by Crippen LogP contribution is 2.18. The van der Waals surface area contributed by atoms with Crippen LogP contribution in [0.1, 0.15) is 15.9 Å². The lowest BCUT2D eigenvalue weighted by molar-refractivity contribution is -0.136. The zero-order valence-electron chi connectivity index (χ0n) is 16.5. The number of amides is 3. The fourth-order valence-electron chi connectivity index (χ4n) is 2.88. The average Bonchev–Trinajstić information content (AvgIpc) is 2.79. The summed E-state index contributed by atoms with van der Waals surface area (Å²) in [4.78, 5) is 38.7. The number of rotatable bonds is 5. The summed E-state index contributed by atoms with van der Waals surface area (Å²) >= 11 is 0. The van der Waals surface area contributed by atoms with Gasteiger partial charge in [0.15, 0.2) is 0 Å². The maximum Gasteiger partial charge on any atom is 0.329 e. The van der Waals surface area contributed by atoms with Gasteiger partial charge in [0.2, 0.25) is 0 Å². The van der Waals surface area contributed by atoms with Crippen LogP contribution in [0, 0.1) is 0 Å². The minimum atomic E-state index is -0.963. The zero-order valence-corrected chi connectivity index (χ0v) is 16.5. The molecule has 2 N–H and O–H groups in total. The highest BCUT2D eigenvalue weighted by Gasteiger charge is 2.22. The number of methoxy groups -OCH3 is 1. The van der Waals surface area contributed by atoms with E-state index >= 15 is 0 Å². The van der Waals surface area contributed by atoms with E-state index in [9.17, 15) is 14.4 Å². The van der Waals surface area contributed by atoms with Crippen LogP contribution in [0.15, 0.2) is 53.6 Å². The molecule has 0 bridgehead atoms. The molecule has 2 aromatic carbocycles. The molecule has 0 aromatic heterocycles. The number of morpholine rings is 1. The minimum Gasteiger partial charge on any atom is -0.496 e. The molecule has 3 rings (SSSR count). The summed E-state index contributed by atoms with van der Waals surface area (Å²) in [6, 6.07) is 13.6. The van der Waals surface area contributed by atoms with Crippen molar-refractivity contribution in [1.82, 2.24) is 10.3 Å². The van der Waals surface area contributed by atoms with Gasteiger partial charge < -0.3 is 19.7 Å². The normalized spacial score (nSPS) is 13.7. The van der Waals surface area contributed by atoms with E-state index in [0.29, 0.717) is 43.2 Å². The van der Waals surface area contributed by atoms with Crippen molar-refractivity contribution in [3.05, 3.63) is 59.7 Å². The summed E-state index contributed by atoms with van der Waals surface area (Å²) in [5.74, 6) is -1.55. The van der Waals surface area contributed by atoms with Gasteiger partial charge in [0.05, 0.1) is 37.8 Å². The van der Waals surface area contributed by atoms with Crippen LogP contribution in [0.25, 0.3) is 0 Å². The number of benzene rings is 2. The van der Waals surface area contributed by atoms with Crippen molar-refractivity contribution < 1.29 is 23.9 Å². The number of anilines is 1. The molecule has 0 atom stereocenters. The third-order valence-corrected chi connectivity index (χ3v) is 4.42. The highest BCUT2D eigenvalue weighted by atomic mass is 16.5. The van der Waals surface area contributed by atoms with E-state index in [4.69, 9.17) is 9.47 Å². The van der Waals surface area contributed by atoms with Gasteiger partial charge in [0.25, 0.3) is 5.91 Å². The van der Waals surface area contributed by atoms with E-state index < -0.39 is 11.8 Å². The molecule has 3 amide bonds. The topological polar surface area (TPSA) is 109 Å². The smallest absolute Gasteiger partial charge is 0.329 e. The summed E-state index contributed by atoms with van der Waals surface area (Å²) < 4.78 is 10.4. The third kappa shape index (κ3) is 5.21. The maximum absolute atomic E-state index is 12.7. The second-order valence-electron chi connectivity index (χ2n) is 6.35. The Morgan fingerprint density at radius 3 is 2.50 bits per heavy atom. The predicted octanol–water partition coefficient (Wildman–Crippen LogP) is 1.26. The summed E-state index contributed by atoms with van der Waals surface area (Å²) in [5.41, 5.74) is 3.36. The Morgan fingerprint density at radius 1 is 1.03 bits per heavy atom. The average molecular weight is 410 g/mol. The van der Waals surface area contributed by atoms with Crippen LogP contribution >= 0.6 is 0 Å². The Hall–Kier alpha value is -3.72. The monoisotopic (exact) mass is 410 g/mol. The first-order valence-electron chi connectivity index (χ1n) is 9.33. The number of nitrogens with one attached hydrogen (secondary N) is 2. The second kappa shape index (κ2) is 10.2. The van der Waals surface area contributed by atoms with E-state index in [2.05, 4.69) is 15.8 Å². The Balaban J connectivity index is 1.63. The first-order valence-corrected chi connectivity index (χ1v) is 9.33. The van der Waals surface area contributed by atoms with Gasteiger partial charge in [-0.05, 0) is 24.3 Å². The van der Waals surface area contributed by atoms with Gasteiger partial charge in [-0.15, -0.1) is 0 Å². The Bertz CT molecular complexity index is 954. The number of hydrogen-bond acceptors (Lipinski definition) is 6. The number of nitrogens with zero attached hydrogens (tertiary/aromatic N) is 2. The summed E-state index contributed by atoms with van der Waals surface area (Å²) in [7, 11) is 1.52. The highest BCUT2D eigenvalue weighted by molar-refractivity contribution is 6.40. The Labute approximate surface area is 173 Å². The standard InChI is InChI=1S/C21H22N4O5/c1-29-18-9-5-2-6-15(18)14-22-24-20(27)19(26)23-17-8-4-3-7-16(17)21(28)25-10-12-30-13-11-25/h2-9,14H,10-13H2,1H3,(H,23,26)(H,24,27). The van der Waals surface area contributed by atoms with Crippen molar-refractivity contribution in [2.45, 2.75) is 0 Å². The van der Waals surface area contributed by atoms with Gasteiger partial charge in [0, 0.05) is 18.7 Å². The molecule has 9 heteroatoms. The lowest BCUT2D eigenvalue weighted by atomic mass is 10.1. The third-order valence-electron chi connectivity index (χ3n) is 4.42. The van der Waals surface area contributed by atoms with Crippen LogP contribution in [-0.2, 0) is 14.3 Å². The van der Waals surface area contributed by atoms with Crippen molar-refractivity contribution in [2.75, 3.05) is 38.7 Å². The SMILES string of the molecule is COc1ccccc1C=NNC(=O)C(=O)Nc1ccccc1C(=O)N1CCOCC1. The van der Waals surface area contributed by atoms with Crippen LogP contribution < -0.4 is 15.5 Å². The van der Waals surface area contributed by atoms with E-state index in [1.54, 1.807) is 53.4 Å². The fourth-order valence-corrected chi connectivity index (χ4v) is 2.88. The van der Waals surface area contributed by atoms with Gasteiger partial charge in [-0.1, -0.05) is 24.3 Å². The lowest BCUT2D eigenvalue weighted by Gasteiger charge is -2.27. The van der Waals surface area contributed by atoms with E-state index in [1.165, 1.54) is 13.3 Å². The summed E-state index contributed by atoms with van der Waals surface area (Å²) in [6.07, 6.45) is 1.37. The first kappa shape index (κ1) is 21.0. The molecule has 2 aromatic rings. The molecule has 30 heavy (non-hydrogen) atoms. The summed E-state index contributed by atoms with van der Waals surface area (Å²) in [5, 5.41) is 6.26. The number of carbonyl (C=O) groups is 3. The molecule has 1 saturated heterocycles. The molecule has 156 valence electrons. The van der Waals surface area contributed by atoms with Gasteiger partial charge in [-0.25, -0.2) is 5.43 Å². The number of hydrazone groups is 1. The molecule has 1 fully saturated rings. The first-order chi connectivity index (χ1) is 14.6. The van der Waals surface area contributed by atoms with Gasteiger partial charge in [0.1, 0.15) is 5.75 Å². The van der Waals surface area contributed by atoms with Crippen molar-refractivity contribution in [1.29, 1.82) is 0 Å². The lowest BCUT2D eigenvalue weighted by Crippen LogP contribution is -2.41. The second-order valence-corrected chi connectivity index (χ2v) is 6.35. The van der Waals surface area contributed by atoms with E-state index in [-0.39, 0.29) is 11.6 Å². The Morgan fingerprint density at radius 2 is 1.73 bits per heavy atom. The van der Waals surface area contributed by atoms with Gasteiger partial charge >= 0.3 is 11.8 Å². The van der Waals surface area contributed by atoms with Gasteiger partial charge in [-0.2, -0.15) is 5.10 Å². The largest absolute Gasteiger partial charge is 0.496 e. The van der Waals surface area contributed by atoms with Crippen LogP contribution in [0.3, 0.4) is 0 Å². The fraction of sp³-hybridized carbons (Fsp3) is 0.238. The minimum absolute atomic E-state index is 0.233. The van der Waals surface area contributed by atoms with Crippen LogP contribution in [-0.4, -0.2) is 62.2 Å². The number of ether oxygens (including phenoxy) is 2. The maximum atomic E-state index is 12.7. The molecule has 1 aliphatic heterocycles. The molecule has 0 radical (unpaired) electrons. The van der Waals surface area contributed by atoms with Crippen LogP contribution in [0.4, 0.5) is 5.69 Å². The summed E-state index contributed by atoms with van der Waals surface area (Å²) in [6.45, 7) is 1.87. The number of carbonyl (C=O) groups excluding carboxylic acids is 3. The predicted molar refractivity (Wildman–Crippen MR) is 111 cm³/mol. The van der Waals surface area contributed by atoms with Crippen LogP contribution in [0.5, 0.6) is 5.75 Å². The van der Waals surface area contributed by atoms with Crippen molar-refractivity contribution in [2.24, 2.45) is 5.10 Å². The molecule has 0 unspecified atom stereocenters. The molecule has 1 heterocycles. The zero-order chi connectivity index (χ0) is 21.3. The molecule has 0 saturated carbocycles. The molecule has 0 spiro atoms. The van der Waals surface area contributed by atoms with Gasteiger partial charge in [-0.3, -0.25) is 14.4 Å².